The Morgan fingerprint density at radius 1 is 1.07 bits per heavy atom. The van der Waals surface area contributed by atoms with E-state index in [9.17, 15) is 9.59 Å². The van der Waals surface area contributed by atoms with Crippen molar-refractivity contribution in [1.29, 1.82) is 0 Å². The third-order valence-electron chi connectivity index (χ3n) is 6.49. The van der Waals surface area contributed by atoms with Gasteiger partial charge in [-0.2, -0.15) is 0 Å². The van der Waals surface area contributed by atoms with Crippen LogP contribution in [0.3, 0.4) is 0 Å². The van der Waals surface area contributed by atoms with Gasteiger partial charge in [0.05, 0.1) is 0 Å². The zero-order valence-corrected chi connectivity index (χ0v) is 17.8. The van der Waals surface area contributed by atoms with Crippen molar-refractivity contribution in [2.45, 2.75) is 83.6 Å². The van der Waals surface area contributed by atoms with E-state index in [1.807, 2.05) is 51.1 Å². The van der Waals surface area contributed by atoms with E-state index in [-0.39, 0.29) is 30.6 Å². The van der Waals surface area contributed by atoms with Crippen LogP contribution in [0.2, 0.25) is 0 Å². The van der Waals surface area contributed by atoms with Crippen molar-refractivity contribution in [2.75, 3.05) is 0 Å². The average Bonchev–Trinajstić information content (AvgIpc) is 3.49. The molecular formula is C24H33NO4. The molecule has 158 valence electrons. The van der Waals surface area contributed by atoms with Crippen LogP contribution in [0.1, 0.15) is 64.9 Å². The van der Waals surface area contributed by atoms with E-state index in [2.05, 4.69) is 0 Å². The van der Waals surface area contributed by atoms with E-state index in [1.54, 1.807) is 4.90 Å². The molecule has 2 bridgehead atoms. The molecule has 2 heterocycles. The number of hydrogen-bond donors (Lipinski definition) is 0. The number of nitrogens with zero attached hydrogens (tertiary/aromatic N) is 1. The number of hydrogen-bond acceptors (Lipinski definition) is 4. The maximum atomic E-state index is 13.1. The summed E-state index contributed by atoms with van der Waals surface area (Å²) in [5, 5.41) is 0. The summed E-state index contributed by atoms with van der Waals surface area (Å²) in [7, 11) is 0. The summed E-state index contributed by atoms with van der Waals surface area (Å²) in [6.45, 7) is 5.85. The van der Waals surface area contributed by atoms with Gasteiger partial charge in [0, 0.05) is 6.04 Å². The fourth-order valence-electron chi connectivity index (χ4n) is 5.09. The summed E-state index contributed by atoms with van der Waals surface area (Å²) in [4.78, 5) is 28.0. The summed E-state index contributed by atoms with van der Waals surface area (Å²) < 4.78 is 11.4. The van der Waals surface area contributed by atoms with Crippen LogP contribution in [0.4, 0.5) is 4.79 Å². The Labute approximate surface area is 173 Å². The second-order valence-corrected chi connectivity index (χ2v) is 10.0. The van der Waals surface area contributed by atoms with Crippen molar-refractivity contribution in [3.05, 3.63) is 35.9 Å². The Morgan fingerprint density at radius 3 is 2.45 bits per heavy atom. The van der Waals surface area contributed by atoms with Gasteiger partial charge in [-0.05, 0) is 69.8 Å². The first kappa shape index (κ1) is 20.2. The molecule has 0 N–H and O–H groups in total. The number of benzene rings is 1. The van der Waals surface area contributed by atoms with Crippen molar-refractivity contribution in [2.24, 2.45) is 17.8 Å². The Hall–Kier alpha value is -2.04. The second kappa shape index (κ2) is 8.00. The standard InChI is InChI=1S/C24H33NO4/c1-24(2,3)29-23(27)25-20-12-11-18(14-19(20)13-16-9-10-16)21(25)22(26)28-15-17-7-5-4-6-8-17/h4-8,16,18-21H,9-15H2,1-3H3/t18-,19-,20?,21+/m1/s1. The second-order valence-electron chi connectivity index (χ2n) is 10.0. The zero-order chi connectivity index (χ0) is 20.6. The summed E-state index contributed by atoms with van der Waals surface area (Å²) >= 11 is 0. The highest BCUT2D eigenvalue weighted by molar-refractivity contribution is 5.83. The van der Waals surface area contributed by atoms with Crippen molar-refractivity contribution < 1.29 is 19.1 Å². The molecular weight excluding hydrogens is 366 g/mol. The van der Waals surface area contributed by atoms with Crippen LogP contribution in [0, 0.1) is 17.8 Å². The number of amides is 1. The minimum absolute atomic E-state index is 0.0877. The minimum Gasteiger partial charge on any atom is -0.459 e. The molecule has 5 heteroatoms. The van der Waals surface area contributed by atoms with Gasteiger partial charge in [0.25, 0.3) is 0 Å². The Bertz CT molecular complexity index is 737. The molecule has 2 aliphatic heterocycles. The van der Waals surface area contributed by atoms with Crippen LogP contribution in [-0.2, 0) is 20.9 Å². The molecule has 1 aromatic rings. The van der Waals surface area contributed by atoms with Gasteiger partial charge in [0.15, 0.2) is 0 Å². The number of carbonyl (C=O) groups is 2. The highest BCUT2D eigenvalue weighted by atomic mass is 16.6. The van der Waals surface area contributed by atoms with E-state index in [0.717, 1.165) is 30.7 Å². The summed E-state index contributed by atoms with van der Waals surface area (Å²) in [6, 6.07) is 9.25. The number of carbonyl (C=O) groups excluding carboxylic acids is 2. The molecule has 1 amide bonds. The number of ether oxygens (including phenoxy) is 2. The molecule has 2 aliphatic carbocycles. The highest BCUT2D eigenvalue weighted by Crippen LogP contribution is 2.49. The molecule has 1 aromatic carbocycles. The predicted octanol–water partition coefficient (Wildman–Crippen LogP) is 4.93. The first-order valence-electron chi connectivity index (χ1n) is 11.0. The Kier molecular flexibility index (Phi) is 5.58. The van der Waals surface area contributed by atoms with Crippen molar-refractivity contribution in [1.82, 2.24) is 4.90 Å². The molecule has 4 fully saturated rings. The van der Waals surface area contributed by atoms with Gasteiger partial charge in [0.2, 0.25) is 0 Å². The number of esters is 1. The van der Waals surface area contributed by atoms with E-state index in [1.165, 1.54) is 19.3 Å². The molecule has 4 aliphatic rings. The smallest absolute Gasteiger partial charge is 0.411 e. The monoisotopic (exact) mass is 399 g/mol. The third-order valence-corrected chi connectivity index (χ3v) is 6.49. The van der Waals surface area contributed by atoms with Crippen LogP contribution in [0.5, 0.6) is 0 Å². The van der Waals surface area contributed by atoms with E-state index in [4.69, 9.17) is 9.47 Å². The minimum atomic E-state index is -0.585. The van der Waals surface area contributed by atoms with Gasteiger partial charge in [-0.3, -0.25) is 4.90 Å². The lowest BCUT2D eigenvalue weighted by Gasteiger charge is -2.53. The lowest BCUT2D eigenvalue weighted by atomic mass is 9.67. The number of piperidine rings is 2. The van der Waals surface area contributed by atoms with Gasteiger partial charge in [-0.25, -0.2) is 9.59 Å². The van der Waals surface area contributed by atoms with E-state index in [0.29, 0.717) is 5.92 Å². The molecule has 0 radical (unpaired) electrons. The molecule has 0 spiro atoms. The topological polar surface area (TPSA) is 55.8 Å². The number of fused-ring (bicyclic) bond motifs is 3. The van der Waals surface area contributed by atoms with Crippen molar-refractivity contribution in [3.8, 4) is 0 Å². The number of rotatable bonds is 5. The maximum absolute atomic E-state index is 13.1. The zero-order valence-electron chi connectivity index (χ0n) is 17.8. The quantitative estimate of drug-likeness (QED) is 0.659. The maximum Gasteiger partial charge on any atom is 0.411 e. The molecule has 2 saturated heterocycles. The van der Waals surface area contributed by atoms with Gasteiger partial charge in [-0.1, -0.05) is 43.2 Å². The van der Waals surface area contributed by atoms with Crippen molar-refractivity contribution >= 4 is 12.1 Å². The fourth-order valence-corrected chi connectivity index (χ4v) is 5.09. The van der Waals surface area contributed by atoms with Gasteiger partial charge in [-0.15, -0.1) is 0 Å². The molecule has 0 aromatic heterocycles. The van der Waals surface area contributed by atoms with E-state index >= 15 is 0 Å². The van der Waals surface area contributed by atoms with Gasteiger partial charge in [0.1, 0.15) is 18.2 Å². The third kappa shape index (κ3) is 4.76. The summed E-state index contributed by atoms with van der Waals surface area (Å²) in [6.07, 6.45) is 6.39. The van der Waals surface area contributed by atoms with Crippen LogP contribution in [-0.4, -0.2) is 34.6 Å². The van der Waals surface area contributed by atoms with Crippen LogP contribution in [0.25, 0.3) is 0 Å². The van der Waals surface area contributed by atoms with Crippen LogP contribution >= 0.6 is 0 Å². The molecule has 5 nitrogen and oxygen atoms in total. The molecule has 4 atom stereocenters. The lowest BCUT2D eigenvalue weighted by Crippen LogP contribution is -2.64. The van der Waals surface area contributed by atoms with Crippen LogP contribution < -0.4 is 0 Å². The largest absolute Gasteiger partial charge is 0.459 e. The average molecular weight is 400 g/mol. The van der Waals surface area contributed by atoms with Crippen molar-refractivity contribution in [3.63, 3.8) is 0 Å². The lowest BCUT2D eigenvalue weighted by molar-refractivity contribution is -0.163. The predicted molar refractivity (Wildman–Crippen MR) is 110 cm³/mol. The molecule has 5 rings (SSSR count). The first-order valence-corrected chi connectivity index (χ1v) is 11.0. The molecule has 29 heavy (non-hydrogen) atoms. The fraction of sp³-hybridized carbons (Fsp3) is 0.667. The first-order chi connectivity index (χ1) is 13.8. The summed E-state index contributed by atoms with van der Waals surface area (Å²) in [5.41, 5.74) is 0.371. The molecule has 1 unspecified atom stereocenters. The van der Waals surface area contributed by atoms with Crippen LogP contribution in [0.15, 0.2) is 30.3 Å². The Balaban J connectivity index is 1.51. The highest BCUT2D eigenvalue weighted by Gasteiger charge is 2.54. The van der Waals surface area contributed by atoms with Gasteiger partial charge >= 0.3 is 12.1 Å². The van der Waals surface area contributed by atoms with Gasteiger partial charge < -0.3 is 9.47 Å². The van der Waals surface area contributed by atoms with E-state index < -0.39 is 11.6 Å². The Morgan fingerprint density at radius 2 is 1.79 bits per heavy atom. The normalized spacial score (nSPS) is 28.9. The summed E-state index contributed by atoms with van der Waals surface area (Å²) in [5.74, 6) is 1.16. The molecule has 2 saturated carbocycles. The SMILES string of the molecule is CC(C)(C)OC(=O)N1C2CC[C@H](C[C@H]2CC2CC2)[C@H]1C(=O)OCc1ccccc1.